The van der Waals surface area contributed by atoms with Crippen molar-refractivity contribution in [3.63, 3.8) is 0 Å². The maximum absolute atomic E-state index is 13.6. The SMILES string of the molecule is CCS(=O)(=O)CCOc1cc(F)c(S(=O)(=O)Cl)cc1Br. The lowest BCUT2D eigenvalue weighted by Gasteiger charge is -2.09. The van der Waals surface area contributed by atoms with Gasteiger partial charge in [0, 0.05) is 22.5 Å². The number of benzene rings is 1. The average Bonchev–Trinajstić information content (AvgIpc) is 2.31. The fourth-order valence-corrected chi connectivity index (χ4v) is 3.37. The van der Waals surface area contributed by atoms with E-state index in [4.69, 9.17) is 15.4 Å². The fourth-order valence-electron chi connectivity index (χ4n) is 1.23. The first-order valence-corrected chi connectivity index (χ1v) is 10.3. The van der Waals surface area contributed by atoms with Crippen LogP contribution in [0.3, 0.4) is 0 Å². The number of hydrogen-bond acceptors (Lipinski definition) is 5. The highest BCUT2D eigenvalue weighted by Gasteiger charge is 2.19. The van der Waals surface area contributed by atoms with E-state index in [1.54, 1.807) is 0 Å². The summed E-state index contributed by atoms with van der Waals surface area (Å²) in [6, 6.07) is 1.79. The summed E-state index contributed by atoms with van der Waals surface area (Å²) in [5, 5.41) is 0. The molecular formula is C10H11BrClFO5S2. The molecule has 5 nitrogen and oxygen atoms in total. The molecule has 20 heavy (non-hydrogen) atoms. The van der Waals surface area contributed by atoms with Crippen LogP contribution in [0.2, 0.25) is 0 Å². The molecule has 0 atom stereocenters. The zero-order chi connectivity index (χ0) is 15.6. The number of hydrogen-bond donors (Lipinski definition) is 0. The molecule has 0 aromatic heterocycles. The molecule has 0 fully saturated rings. The lowest BCUT2D eigenvalue weighted by Crippen LogP contribution is -2.15. The van der Waals surface area contributed by atoms with Crippen LogP contribution in [0.1, 0.15) is 6.92 Å². The van der Waals surface area contributed by atoms with E-state index in [-0.39, 0.29) is 28.3 Å². The van der Waals surface area contributed by atoms with E-state index in [2.05, 4.69) is 15.9 Å². The standard InChI is InChI=1S/C10H11BrClFO5S2/c1-2-19(14,15)4-3-18-9-6-8(13)10(5-7(9)11)20(12,16)17/h5-6H,2-4H2,1H3. The van der Waals surface area contributed by atoms with Crippen LogP contribution in [-0.2, 0) is 18.9 Å². The Balaban J connectivity index is 2.92. The second-order valence-corrected chi connectivity index (χ2v) is 9.60. The second kappa shape index (κ2) is 6.59. The third-order valence-corrected chi connectivity index (χ3v) is 5.97. The number of halogens is 3. The van der Waals surface area contributed by atoms with Crippen LogP contribution in [0.25, 0.3) is 0 Å². The Morgan fingerprint density at radius 2 is 1.90 bits per heavy atom. The molecule has 0 radical (unpaired) electrons. The molecule has 0 aliphatic carbocycles. The molecule has 1 aromatic carbocycles. The Morgan fingerprint density at radius 3 is 2.40 bits per heavy atom. The molecule has 0 spiro atoms. The van der Waals surface area contributed by atoms with Crippen LogP contribution in [0.4, 0.5) is 4.39 Å². The topological polar surface area (TPSA) is 77.5 Å². The van der Waals surface area contributed by atoms with Gasteiger partial charge >= 0.3 is 0 Å². The van der Waals surface area contributed by atoms with Gasteiger partial charge in [-0.25, -0.2) is 21.2 Å². The van der Waals surface area contributed by atoms with Gasteiger partial charge in [-0.05, 0) is 22.0 Å². The first-order chi connectivity index (χ1) is 9.07. The van der Waals surface area contributed by atoms with Crippen LogP contribution in [0.5, 0.6) is 5.75 Å². The minimum Gasteiger partial charge on any atom is -0.491 e. The summed E-state index contributed by atoms with van der Waals surface area (Å²) in [6.45, 7) is 1.34. The van der Waals surface area contributed by atoms with E-state index in [9.17, 15) is 21.2 Å². The van der Waals surface area contributed by atoms with Crippen LogP contribution in [0, 0.1) is 5.82 Å². The molecule has 0 unspecified atom stereocenters. The van der Waals surface area contributed by atoms with Gasteiger partial charge in [-0.3, -0.25) is 0 Å². The first-order valence-electron chi connectivity index (χ1n) is 5.34. The average molecular weight is 410 g/mol. The van der Waals surface area contributed by atoms with E-state index < -0.39 is 29.6 Å². The molecular weight excluding hydrogens is 399 g/mol. The smallest absolute Gasteiger partial charge is 0.264 e. The van der Waals surface area contributed by atoms with Crippen LogP contribution >= 0.6 is 26.6 Å². The molecule has 10 heteroatoms. The van der Waals surface area contributed by atoms with Crippen molar-refractivity contribution in [1.82, 2.24) is 0 Å². The van der Waals surface area contributed by atoms with E-state index in [0.717, 1.165) is 12.1 Å². The van der Waals surface area contributed by atoms with Gasteiger partial charge < -0.3 is 4.74 Å². The van der Waals surface area contributed by atoms with Gasteiger partial charge in [-0.15, -0.1) is 0 Å². The fraction of sp³-hybridized carbons (Fsp3) is 0.400. The summed E-state index contributed by atoms with van der Waals surface area (Å²) >= 11 is 3.01. The van der Waals surface area contributed by atoms with Gasteiger partial charge in [0.15, 0.2) is 9.84 Å². The lowest BCUT2D eigenvalue weighted by molar-refractivity contribution is 0.336. The Morgan fingerprint density at radius 1 is 1.30 bits per heavy atom. The quantitative estimate of drug-likeness (QED) is 0.674. The maximum Gasteiger partial charge on any atom is 0.264 e. The van der Waals surface area contributed by atoms with Crippen molar-refractivity contribution >= 4 is 45.5 Å². The van der Waals surface area contributed by atoms with E-state index in [0.29, 0.717) is 0 Å². The molecule has 0 aliphatic heterocycles. The molecule has 0 N–H and O–H groups in total. The molecule has 0 saturated carbocycles. The molecule has 0 amide bonds. The van der Waals surface area contributed by atoms with Crippen LogP contribution < -0.4 is 4.74 Å². The Labute approximate surface area is 129 Å². The normalized spacial score (nSPS) is 12.4. The van der Waals surface area contributed by atoms with Gasteiger partial charge in [0.05, 0.1) is 10.2 Å². The van der Waals surface area contributed by atoms with E-state index >= 15 is 0 Å². The molecule has 0 heterocycles. The molecule has 0 aliphatic rings. The molecule has 1 rings (SSSR count). The highest BCUT2D eigenvalue weighted by Crippen LogP contribution is 2.31. The van der Waals surface area contributed by atoms with Gasteiger partial charge in [-0.2, -0.15) is 0 Å². The number of rotatable bonds is 6. The summed E-state index contributed by atoms with van der Waals surface area (Å²) in [5.74, 6) is -1.31. The molecule has 0 saturated heterocycles. The minimum atomic E-state index is -4.20. The van der Waals surface area contributed by atoms with Gasteiger partial charge in [0.1, 0.15) is 23.1 Å². The summed E-state index contributed by atoms with van der Waals surface area (Å²) < 4.78 is 63.6. The summed E-state index contributed by atoms with van der Waals surface area (Å²) in [4.78, 5) is -0.681. The highest BCUT2D eigenvalue weighted by molar-refractivity contribution is 9.10. The number of sulfone groups is 1. The third kappa shape index (κ3) is 4.87. The van der Waals surface area contributed by atoms with E-state index in [1.807, 2.05) is 0 Å². The van der Waals surface area contributed by atoms with Gasteiger partial charge in [0.2, 0.25) is 0 Å². The summed E-state index contributed by atoms with van der Waals surface area (Å²) in [6.07, 6.45) is 0. The first kappa shape index (κ1) is 17.7. The van der Waals surface area contributed by atoms with Crippen molar-refractivity contribution in [3.8, 4) is 5.75 Å². The van der Waals surface area contributed by atoms with E-state index in [1.165, 1.54) is 6.92 Å². The van der Waals surface area contributed by atoms with Crippen LogP contribution in [0.15, 0.2) is 21.5 Å². The molecule has 0 bridgehead atoms. The minimum absolute atomic E-state index is 0.00197. The van der Waals surface area contributed by atoms with Crippen molar-refractivity contribution in [2.24, 2.45) is 0 Å². The van der Waals surface area contributed by atoms with Crippen molar-refractivity contribution in [3.05, 3.63) is 22.4 Å². The molecule has 114 valence electrons. The second-order valence-electron chi connectivity index (χ2n) is 3.74. The summed E-state index contributed by atoms with van der Waals surface area (Å²) in [7, 11) is -2.34. The third-order valence-electron chi connectivity index (χ3n) is 2.34. The monoisotopic (exact) mass is 408 g/mol. The Bertz CT molecular complexity index is 703. The predicted molar refractivity (Wildman–Crippen MR) is 77.0 cm³/mol. The maximum atomic E-state index is 13.6. The van der Waals surface area contributed by atoms with Crippen LogP contribution in [-0.4, -0.2) is 34.9 Å². The molecule has 1 aromatic rings. The van der Waals surface area contributed by atoms with Crippen molar-refractivity contribution in [2.75, 3.05) is 18.1 Å². The predicted octanol–water partition coefficient (Wildman–Crippen LogP) is 2.33. The zero-order valence-corrected chi connectivity index (χ0v) is 14.2. The van der Waals surface area contributed by atoms with Crippen molar-refractivity contribution in [1.29, 1.82) is 0 Å². The Kier molecular flexibility index (Phi) is 5.82. The van der Waals surface area contributed by atoms with Crippen molar-refractivity contribution < 1.29 is 26.0 Å². The van der Waals surface area contributed by atoms with Gasteiger partial charge in [-0.1, -0.05) is 6.92 Å². The van der Waals surface area contributed by atoms with Crippen molar-refractivity contribution in [2.45, 2.75) is 11.8 Å². The zero-order valence-electron chi connectivity index (χ0n) is 10.3. The van der Waals surface area contributed by atoms with Gasteiger partial charge in [0.25, 0.3) is 9.05 Å². The lowest BCUT2D eigenvalue weighted by atomic mass is 10.3. The summed E-state index contributed by atoms with van der Waals surface area (Å²) in [5.41, 5.74) is 0. The largest absolute Gasteiger partial charge is 0.491 e. The highest BCUT2D eigenvalue weighted by atomic mass is 79.9. The Hall–Kier alpha value is -0.380. The number of ether oxygens (including phenoxy) is 1.